The maximum absolute atomic E-state index is 2.30. The number of unbranched alkanes of at least 4 members (excludes halogenated alkanes) is 5. The first-order valence-corrected chi connectivity index (χ1v) is 10.2. The van der Waals surface area contributed by atoms with Gasteiger partial charge in [-0.1, -0.05) is 89.4 Å². The fraction of sp³-hybridized carbons (Fsp3) is 1.00. The van der Waals surface area contributed by atoms with E-state index in [1.54, 1.807) is 0 Å². The Labute approximate surface area is 109 Å². The molecule has 0 nitrogen and oxygen atoms in total. The molecule has 0 saturated heterocycles. The van der Waals surface area contributed by atoms with Crippen LogP contribution in [0.4, 0.5) is 0 Å². The molecule has 0 aliphatic heterocycles. The highest BCUT2D eigenvalue weighted by atomic mass is 28.2. The molecule has 0 heterocycles. The van der Waals surface area contributed by atoms with Crippen LogP contribution in [0.3, 0.4) is 0 Å². The highest BCUT2D eigenvalue weighted by Gasteiger charge is 1.93. The minimum Gasteiger partial charge on any atom is -0.0657 e. The molecule has 0 saturated carbocycles. The molecule has 0 aliphatic carbocycles. The second-order valence-corrected chi connectivity index (χ2v) is 7.62. The van der Waals surface area contributed by atoms with Crippen LogP contribution in [0.5, 0.6) is 0 Å². The molecule has 0 bridgehead atoms. The Hall–Kier alpha value is 0.434. The fourth-order valence-corrected chi connectivity index (χ4v) is 4.02. The molecule has 0 N–H and O–H groups in total. The van der Waals surface area contributed by atoms with Crippen molar-refractivity contribution in [1.82, 2.24) is 0 Å². The van der Waals surface area contributed by atoms with Crippen LogP contribution in [-0.4, -0.2) is 19.0 Å². The summed E-state index contributed by atoms with van der Waals surface area (Å²) in [7, 11) is 2.49. The molecule has 2 heteroatoms. The van der Waals surface area contributed by atoms with Gasteiger partial charge < -0.3 is 0 Å². The molecular weight excluding hydrogens is 224 g/mol. The average molecular weight is 255 g/mol. The van der Waals surface area contributed by atoms with Crippen molar-refractivity contribution in [2.75, 3.05) is 0 Å². The lowest BCUT2D eigenvalue weighted by atomic mass is 10.1. The Morgan fingerprint density at radius 3 is 1.25 bits per heavy atom. The summed E-state index contributed by atoms with van der Waals surface area (Å²) in [6.45, 7) is 4.60. The maximum Gasteiger partial charge on any atom is 0.0377 e. The van der Waals surface area contributed by atoms with Crippen LogP contribution in [0.15, 0.2) is 0 Å². The first kappa shape index (κ1) is 16.4. The third kappa shape index (κ3) is 14.4. The van der Waals surface area contributed by atoms with Crippen LogP contribution in [0, 0.1) is 0 Å². The van der Waals surface area contributed by atoms with Gasteiger partial charge in [-0.25, -0.2) is 0 Å². The summed E-state index contributed by atoms with van der Waals surface area (Å²) in [4.78, 5) is 0. The molecule has 0 spiro atoms. The molecule has 0 rings (SSSR count). The largest absolute Gasteiger partial charge is 0.0657 e. The van der Waals surface area contributed by atoms with E-state index in [1.165, 1.54) is 94.6 Å². The van der Waals surface area contributed by atoms with Gasteiger partial charge in [0.15, 0.2) is 0 Å². The lowest BCUT2D eigenvalue weighted by Gasteiger charge is -2.01. The third-order valence-corrected chi connectivity index (χ3v) is 5.93. The van der Waals surface area contributed by atoms with Crippen molar-refractivity contribution in [3.8, 4) is 0 Å². The van der Waals surface area contributed by atoms with Crippen molar-refractivity contribution in [2.45, 2.75) is 89.4 Å². The molecule has 0 aromatic heterocycles. The SMILES string of the molecule is CCC[Si]CCCCCCCC[Si]CCC. The van der Waals surface area contributed by atoms with Crippen LogP contribution in [0.1, 0.15) is 65.2 Å². The predicted molar refractivity (Wildman–Crippen MR) is 79.0 cm³/mol. The Balaban J connectivity index is 2.83. The van der Waals surface area contributed by atoms with Gasteiger partial charge in [0.05, 0.1) is 0 Å². The van der Waals surface area contributed by atoms with Gasteiger partial charge in [-0.15, -0.1) is 0 Å². The van der Waals surface area contributed by atoms with Crippen molar-refractivity contribution in [3.05, 3.63) is 0 Å². The highest BCUT2D eigenvalue weighted by molar-refractivity contribution is 6.35. The summed E-state index contributed by atoms with van der Waals surface area (Å²) in [6.07, 6.45) is 11.7. The second-order valence-electron chi connectivity index (χ2n) is 4.62. The zero-order valence-electron chi connectivity index (χ0n) is 11.5. The monoisotopic (exact) mass is 254 g/mol. The molecule has 0 aromatic carbocycles. The summed E-state index contributed by atoms with van der Waals surface area (Å²) < 4.78 is 0. The fourth-order valence-electron chi connectivity index (χ4n) is 1.81. The van der Waals surface area contributed by atoms with Crippen LogP contribution < -0.4 is 0 Å². The van der Waals surface area contributed by atoms with Crippen molar-refractivity contribution >= 4 is 19.0 Å². The topological polar surface area (TPSA) is 0 Å². The van der Waals surface area contributed by atoms with E-state index < -0.39 is 0 Å². The van der Waals surface area contributed by atoms with E-state index in [4.69, 9.17) is 0 Å². The van der Waals surface area contributed by atoms with E-state index in [2.05, 4.69) is 13.8 Å². The molecule has 0 atom stereocenters. The predicted octanol–water partition coefficient (Wildman–Crippen LogP) is 5.23. The van der Waals surface area contributed by atoms with Crippen molar-refractivity contribution in [3.63, 3.8) is 0 Å². The molecule has 16 heavy (non-hydrogen) atoms. The van der Waals surface area contributed by atoms with E-state index in [-0.39, 0.29) is 0 Å². The first-order valence-electron chi connectivity index (χ1n) is 7.33. The van der Waals surface area contributed by atoms with E-state index in [9.17, 15) is 0 Å². The van der Waals surface area contributed by atoms with E-state index >= 15 is 0 Å². The third-order valence-electron chi connectivity index (χ3n) is 2.81. The summed E-state index contributed by atoms with van der Waals surface area (Å²) in [6, 6.07) is 5.95. The zero-order chi connectivity index (χ0) is 11.9. The summed E-state index contributed by atoms with van der Waals surface area (Å²) in [5, 5.41) is 0. The molecule has 4 radical (unpaired) electrons. The average Bonchev–Trinajstić information content (AvgIpc) is 2.31. The molecule has 0 unspecified atom stereocenters. The van der Waals surface area contributed by atoms with Gasteiger partial charge in [-0.05, 0) is 0 Å². The smallest absolute Gasteiger partial charge is 0.0377 e. The number of rotatable bonds is 13. The van der Waals surface area contributed by atoms with Gasteiger partial charge >= 0.3 is 0 Å². The van der Waals surface area contributed by atoms with Crippen molar-refractivity contribution in [2.24, 2.45) is 0 Å². The van der Waals surface area contributed by atoms with Gasteiger partial charge in [0.1, 0.15) is 0 Å². The van der Waals surface area contributed by atoms with E-state index in [1.807, 2.05) is 0 Å². The molecule has 0 fully saturated rings. The van der Waals surface area contributed by atoms with Gasteiger partial charge in [-0.3, -0.25) is 0 Å². The van der Waals surface area contributed by atoms with Crippen LogP contribution in [0.2, 0.25) is 24.2 Å². The molecule has 0 amide bonds. The second kappa shape index (κ2) is 15.4. The van der Waals surface area contributed by atoms with Crippen LogP contribution in [-0.2, 0) is 0 Å². The minimum atomic E-state index is 1.25. The van der Waals surface area contributed by atoms with E-state index in [0.29, 0.717) is 0 Å². The Bertz CT molecular complexity index is 101. The zero-order valence-corrected chi connectivity index (χ0v) is 13.5. The van der Waals surface area contributed by atoms with E-state index in [0.717, 1.165) is 0 Å². The van der Waals surface area contributed by atoms with Gasteiger partial charge in [0, 0.05) is 19.0 Å². The van der Waals surface area contributed by atoms with Gasteiger partial charge in [-0.2, -0.15) is 0 Å². The van der Waals surface area contributed by atoms with Crippen LogP contribution >= 0.6 is 0 Å². The van der Waals surface area contributed by atoms with Gasteiger partial charge in [0.2, 0.25) is 0 Å². The number of hydrogen-bond donors (Lipinski definition) is 0. The van der Waals surface area contributed by atoms with Gasteiger partial charge in [0.25, 0.3) is 0 Å². The standard InChI is InChI=1S/C14H30Si2/c1-3-11-15-13-9-7-5-6-8-10-14-16-12-4-2/h3-14H2,1-2H3. The molecule has 0 aliphatic rings. The summed E-state index contributed by atoms with van der Waals surface area (Å²) >= 11 is 0. The Morgan fingerprint density at radius 2 is 0.875 bits per heavy atom. The summed E-state index contributed by atoms with van der Waals surface area (Å²) in [5.74, 6) is 0. The molecule has 94 valence electrons. The molecule has 0 aromatic rings. The highest BCUT2D eigenvalue weighted by Crippen LogP contribution is 2.09. The van der Waals surface area contributed by atoms with Crippen LogP contribution in [0.25, 0.3) is 0 Å². The lowest BCUT2D eigenvalue weighted by molar-refractivity contribution is 0.622. The Kier molecular flexibility index (Phi) is 15.9. The maximum atomic E-state index is 2.30. The summed E-state index contributed by atoms with van der Waals surface area (Å²) in [5.41, 5.74) is 0. The quantitative estimate of drug-likeness (QED) is 0.312. The minimum absolute atomic E-state index is 1.25. The lowest BCUT2D eigenvalue weighted by Crippen LogP contribution is -1.89. The Morgan fingerprint density at radius 1 is 0.500 bits per heavy atom. The van der Waals surface area contributed by atoms with Crippen molar-refractivity contribution < 1.29 is 0 Å². The van der Waals surface area contributed by atoms with Crippen molar-refractivity contribution in [1.29, 1.82) is 0 Å². The first-order chi connectivity index (χ1) is 7.91. The molecular formula is C14H30Si2. The number of hydrogen-bond acceptors (Lipinski definition) is 0. The normalized spacial score (nSPS) is 10.9.